The van der Waals surface area contributed by atoms with Crippen molar-refractivity contribution in [3.05, 3.63) is 29.8 Å². The minimum atomic E-state index is -0.393. The summed E-state index contributed by atoms with van der Waals surface area (Å²) in [6.07, 6.45) is 0. The lowest BCUT2D eigenvalue weighted by atomic mass is 10.1. The number of nitrogens with two attached hydrogens (primary N) is 1. The van der Waals surface area contributed by atoms with Crippen molar-refractivity contribution in [1.82, 2.24) is 4.90 Å². The Hall–Kier alpha value is -1.55. The number of benzene rings is 1. The molecular weight excluding hydrogens is 192 g/mol. The fourth-order valence-corrected chi connectivity index (χ4v) is 1.50. The fraction of sp³-hybridized carbons (Fsp3) is 0.364. The van der Waals surface area contributed by atoms with Gasteiger partial charge in [0, 0.05) is 0 Å². The van der Waals surface area contributed by atoms with Crippen LogP contribution in [-0.4, -0.2) is 32.0 Å². The molecule has 0 aliphatic carbocycles. The zero-order valence-corrected chi connectivity index (χ0v) is 9.23. The van der Waals surface area contributed by atoms with Crippen LogP contribution in [0.3, 0.4) is 0 Å². The van der Waals surface area contributed by atoms with E-state index in [1.807, 2.05) is 38.4 Å². The minimum absolute atomic E-state index is 0.356. The van der Waals surface area contributed by atoms with Crippen molar-refractivity contribution in [2.24, 2.45) is 5.73 Å². The Morgan fingerprint density at radius 2 is 1.87 bits per heavy atom. The molecule has 4 heteroatoms. The molecule has 0 aliphatic heterocycles. The summed E-state index contributed by atoms with van der Waals surface area (Å²) in [5, 5.41) is 0. The zero-order valence-electron chi connectivity index (χ0n) is 9.23. The molecule has 1 aromatic rings. The van der Waals surface area contributed by atoms with Gasteiger partial charge in [0.25, 0.3) is 0 Å². The molecule has 1 rings (SSSR count). The van der Waals surface area contributed by atoms with Gasteiger partial charge >= 0.3 is 0 Å². The first-order chi connectivity index (χ1) is 7.06. The molecule has 0 aliphatic rings. The molecular formula is C11H16N2O2. The Balaban J connectivity index is 2.97. The van der Waals surface area contributed by atoms with E-state index in [1.54, 1.807) is 12.0 Å². The summed E-state index contributed by atoms with van der Waals surface area (Å²) in [6.45, 7) is 0. The number of ether oxygens (including phenoxy) is 1. The van der Waals surface area contributed by atoms with Gasteiger partial charge in [-0.15, -0.1) is 0 Å². The summed E-state index contributed by atoms with van der Waals surface area (Å²) >= 11 is 0. The average Bonchev–Trinajstić information content (AvgIpc) is 2.18. The summed E-state index contributed by atoms with van der Waals surface area (Å²) in [4.78, 5) is 13.0. The van der Waals surface area contributed by atoms with E-state index >= 15 is 0 Å². The van der Waals surface area contributed by atoms with Crippen LogP contribution < -0.4 is 10.5 Å². The van der Waals surface area contributed by atoms with Crippen molar-refractivity contribution in [3.8, 4) is 5.75 Å². The number of rotatable bonds is 4. The molecule has 4 nitrogen and oxygen atoms in total. The average molecular weight is 208 g/mol. The van der Waals surface area contributed by atoms with E-state index in [2.05, 4.69) is 0 Å². The van der Waals surface area contributed by atoms with Crippen LogP contribution in [0.4, 0.5) is 0 Å². The number of likely N-dealkylation sites (N-methyl/N-ethyl adjacent to an activating group) is 1. The molecule has 0 heterocycles. The zero-order chi connectivity index (χ0) is 11.4. The van der Waals surface area contributed by atoms with Gasteiger partial charge in [-0.05, 0) is 31.8 Å². The van der Waals surface area contributed by atoms with Crippen LogP contribution in [0.5, 0.6) is 5.75 Å². The molecule has 0 fully saturated rings. The number of carbonyl (C=O) groups is 1. The van der Waals surface area contributed by atoms with Crippen LogP contribution in [0, 0.1) is 0 Å². The van der Waals surface area contributed by atoms with Crippen LogP contribution in [0.1, 0.15) is 11.6 Å². The maximum Gasteiger partial charge on any atom is 0.239 e. The Morgan fingerprint density at radius 3 is 2.20 bits per heavy atom. The van der Waals surface area contributed by atoms with Crippen molar-refractivity contribution < 1.29 is 9.53 Å². The van der Waals surface area contributed by atoms with Gasteiger partial charge in [-0.3, -0.25) is 9.69 Å². The predicted octanol–water partition coefficient (Wildman–Crippen LogP) is 0.783. The number of hydrogen-bond donors (Lipinski definition) is 1. The molecule has 0 saturated carbocycles. The van der Waals surface area contributed by atoms with Crippen LogP contribution in [-0.2, 0) is 4.79 Å². The Bertz CT molecular complexity index is 333. The molecule has 82 valence electrons. The molecule has 2 N–H and O–H groups in total. The van der Waals surface area contributed by atoms with Crippen LogP contribution in [0.2, 0.25) is 0 Å². The summed E-state index contributed by atoms with van der Waals surface area (Å²) in [5.41, 5.74) is 6.20. The minimum Gasteiger partial charge on any atom is -0.497 e. The number of methoxy groups -OCH3 is 1. The third-order valence-corrected chi connectivity index (χ3v) is 2.22. The lowest BCUT2D eigenvalue weighted by Gasteiger charge is -2.21. The second-order valence-corrected chi connectivity index (χ2v) is 3.54. The Morgan fingerprint density at radius 1 is 1.33 bits per heavy atom. The van der Waals surface area contributed by atoms with Crippen molar-refractivity contribution in [2.45, 2.75) is 6.04 Å². The van der Waals surface area contributed by atoms with Crippen LogP contribution in [0.15, 0.2) is 24.3 Å². The molecule has 0 unspecified atom stereocenters. The molecule has 0 aromatic heterocycles. The van der Waals surface area contributed by atoms with E-state index in [0.29, 0.717) is 0 Å². The predicted molar refractivity (Wildman–Crippen MR) is 58.6 cm³/mol. The van der Waals surface area contributed by atoms with Gasteiger partial charge in [-0.2, -0.15) is 0 Å². The van der Waals surface area contributed by atoms with Gasteiger partial charge in [0.2, 0.25) is 5.91 Å². The Labute approximate surface area is 89.6 Å². The first-order valence-corrected chi connectivity index (χ1v) is 4.66. The van der Waals surface area contributed by atoms with Crippen molar-refractivity contribution >= 4 is 5.91 Å². The molecule has 1 atom stereocenters. The maximum atomic E-state index is 11.2. The quantitative estimate of drug-likeness (QED) is 0.795. The number of hydrogen-bond acceptors (Lipinski definition) is 3. The van der Waals surface area contributed by atoms with E-state index in [-0.39, 0.29) is 5.91 Å². The third-order valence-electron chi connectivity index (χ3n) is 2.22. The largest absolute Gasteiger partial charge is 0.497 e. The molecule has 0 spiro atoms. The van der Waals surface area contributed by atoms with E-state index in [9.17, 15) is 4.79 Å². The second kappa shape index (κ2) is 4.79. The van der Waals surface area contributed by atoms with Crippen LogP contribution in [0.25, 0.3) is 0 Å². The van der Waals surface area contributed by atoms with Gasteiger partial charge in [-0.1, -0.05) is 12.1 Å². The maximum absolute atomic E-state index is 11.2. The second-order valence-electron chi connectivity index (χ2n) is 3.54. The van der Waals surface area contributed by atoms with Gasteiger partial charge in [0.05, 0.1) is 7.11 Å². The van der Waals surface area contributed by atoms with Gasteiger partial charge in [-0.25, -0.2) is 0 Å². The van der Waals surface area contributed by atoms with E-state index in [1.165, 1.54) is 0 Å². The number of carbonyl (C=O) groups excluding carboxylic acids is 1. The first-order valence-electron chi connectivity index (χ1n) is 4.66. The molecule has 1 amide bonds. The lowest BCUT2D eigenvalue weighted by Crippen LogP contribution is -2.32. The van der Waals surface area contributed by atoms with E-state index in [0.717, 1.165) is 11.3 Å². The number of nitrogens with zero attached hydrogens (tertiary/aromatic N) is 1. The standard InChI is InChI=1S/C11H16N2O2/c1-13(2)10(11(12)14)8-4-6-9(15-3)7-5-8/h4-7,10H,1-3H3,(H2,12,14)/t10-/m0/s1. The lowest BCUT2D eigenvalue weighted by molar-refractivity contribution is -0.122. The summed E-state index contributed by atoms with van der Waals surface area (Å²) in [5.74, 6) is 0.408. The topological polar surface area (TPSA) is 55.6 Å². The van der Waals surface area contributed by atoms with Crippen molar-refractivity contribution in [3.63, 3.8) is 0 Å². The highest BCUT2D eigenvalue weighted by atomic mass is 16.5. The monoisotopic (exact) mass is 208 g/mol. The summed E-state index contributed by atoms with van der Waals surface area (Å²) in [6, 6.07) is 6.92. The van der Waals surface area contributed by atoms with Crippen molar-refractivity contribution in [2.75, 3.05) is 21.2 Å². The molecule has 0 radical (unpaired) electrons. The van der Waals surface area contributed by atoms with E-state index < -0.39 is 6.04 Å². The highest BCUT2D eigenvalue weighted by Gasteiger charge is 2.19. The molecule has 0 saturated heterocycles. The fourth-order valence-electron chi connectivity index (χ4n) is 1.50. The molecule has 1 aromatic carbocycles. The number of amides is 1. The number of primary amides is 1. The van der Waals surface area contributed by atoms with Crippen LogP contribution >= 0.6 is 0 Å². The van der Waals surface area contributed by atoms with Gasteiger partial charge in [0.1, 0.15) is 11.8 Å². The van der Waals surface area contributed by atoms with E-state index in [4.69, 9.17) is 10.5 Å². The molecule has 0 bridgehead atoms. The highest BCUT2D eigenvalue weighted by Crippen LogP contribution is 2.20. The van der Waals surface area contributed by atoms with Gasteiger partial charge in [0.15, 0.2) is 0 Å². The Kier molecular flexibility index (Phi) is 3.68. The summed E-state index contributed by atoms with van der Waals surface area (Å²) in [7, 11) is 5.24. The smallest absolute Gasteiger partial charge is 0.239 e. The highest BCUT2D eigenvalue weighted by molar-refractivity contribution is 5.81. The molecule has 15 heavy (non-hydrogen) atoms. The normalized spacial score (nSPS) is 12.5. The van der Waals surface area contributed by atoms with Gasteiger partial charge < -0.3 is 10.5 Å². The summed E-state index contributed by atoms with van der Waals surface area (Å²) < 4.78 is 5.04. The van der Waals surface area contributed by atoms with Crippen molar-refractivity contribution in [1.29, 1.82) is 0 Å². The third kappa shape index (κ3) is 2.70. The first kappa shape index (κ1) is 11.5. The SMILES string of the molecule is COc1ccc([C@@H](C(N)=O)N(C)C)cc1.